The number of nitrogens with one attached hydrogen (secondary N) is 1. The number of rotatable bonds is 9. The third kappa shape index (κ3) is 5.75. The Morgan fingerprint density at radius 1 is 0.778 bits per heavy atom. The second-order valence-electron chi connectivity index (χ2n) is 6.18. The van der Waals surface area contributed by atoms with E-state index in [1.807, 2.05) is 61.5 Å². The lowest BCUT2D eigenvalue weighted by molar-refractivity contribution is 0.266. The van der Waals surface area contributed by atoms with Gasteiger partial charge in [0.05, 0.1) is 6.61 Å². The lowest BCUT2D eigenvalue weighted by Gasteiger charge is -2.16. The van der Waals surface area contributed by atoms with Crippen LogP contribution in [-0.2, 0) is 19.7 Å². The summed E-state index contributed by atoms with van der Waals surface area (Å²) in [5.74, 6) is 1.56. The molecule has 0 bridgehead atoms. The monoisotopic (exact) mass is 381 g/mol. The van der Waals surface area contributed by atoms with Gasteiger partial charge in [0.15, 0.2) is 11.5 Å². The zero-order valence-electron chi connectivity index (χ0n) is 15.5. The summed E-state index contributed by atoms with van der Waals surface area (Å²) in [6, 6.07) is 24.0. The van der Waals surface area contributed by atoms with Gasteiger partial charge in [0.1, 0.15) is 6.61 Å². The zero-order valence-corrected chi connectivity index (χ0v) is 16.2. The molecule has 3 rings (SSSR count). The number of halogens is 1. The zero-order chi connectivity index (χ0) is 18.9. The minimum Gasteiger partial charge on any atom is -0.490 e. The fourth-order valence-electron chi connectivity index (χ4n) is 2.81. The molecule has 0 aliphatic carbocycles. The highest BCUT2D eigenvalue weighted by atomic mass is 35.5. The van der Waals surface area contributed by atoms with Crippen LogP contribution < -0.4 is 14.8 Å². The summed E-state index contributed by atoms with van der Waals surface area (Å²) in [6.45, 7) is 4.54. The van der Waals surface area contributed by atoms with Gasteiger partial charge in [-0.2, -0.15) is 0 Å². The molecule has 0 unspecified atom stereocenters. The van der Waals surface area contributed by atoms with Crippen molar-refractivity contribution < 1.29 is 9.47 Å². The molecule has 0 aliphatic rings. The fraction of sp³-hybridized carbons (Fsp3) is 0.217. The van der Waals surface area contributed by atoms with Gasteiger partial charge in [-0.1, -0.05) is 66.2 Å². The third-order valence-electron chi connectivity index (χ3n) is 4.14. The van der Waals surface area contributed by atoms with E-state index in [1.165, 1.54) is 5.56 Å². The van der Waals surface area contributed by atoms with Gasteiger partial charge in [0.2, 0.25) is 0 Å². The molecule has 0 aromatic heterocycles. The van der Waals surface area contributed by atoms with Gasteiger partial charge in [-0.3, -0.25) is 0 Å². The van der Waals surface area contributed by atoms with Crippen LogP contribution in [0.2, 0.25) is 5.02 Å². The molecule has 27 heavy (non-hydrogen) atoms. The molecule has 0 atom stereocenters. The predicted molar refractivity (Wildman–Crippen MR) is 110 cm³/mol. The molecule has 0 aliphatic heterocycles. The van der Waals surface area contributed by atoms with Crippen molar-refractivity contribution in [1.82, 2.24) is 5.32 Å². The summed E-state index contributed by atoms with van der Waals surface area (Å²) < 4.78 is 11.9. The van der Waals surface area contributed by atoms with Crippen LogP contribution >= 0.6 is 11.6 Å². The number of benzene rings is 3. The standard InChI is InChI=1S/C23H24ClNO2/c1-2-26-22-10-6-9-20(16-25-15-18-7-4-3-5-8-18)23(22)27-17-19-11-13-21(24)14-12-19/h3-14,25H,2,15-17H2,1H3. The lowest BCUT2D eigenvalue weighted by Crippen LogP contribution is -2.14. The van der Waals surface area contributed by atoms with Crippen molar-refractivity contribution in [3.8, 4) is 11.5 Å². The van der Waals surface area contributed by atoms with E-state index in [9.17, 15) is 0 Å². The minimum atomic E-state index is 0.465. The minimum absolute atomic E-state index is 0.465. The summed E-state index contributed by atoms with van der Waals surface area (Å²) in [5, 5.41) is 4.20. The van der Waals surface area contributed by atoms with Crippen molar-refractivity contribution in [1.29, 1.82) is 0 Å². The summed E-state index contributed by atoms with van der Waals surface area (Å²) in [4.78, 5) is 0. The maximum atomic E-state index is 6.14. The Morgan fingerprint density at radius 2 is 1.56 bits per heavy atom. The Kier molecular flexibility index (Phi) is 7.14. The van der Waals surface area contributed by atoms with Crippen LogP contribution in [0.4, 0.5) is 0 Å². The van der Waals surface area contributed by atoms with Crippen molar-refractivity contribution >= 4 is 11.6 Å². The molecule has 3 aromatic carbocycles. The first-order valence-electron chi connectivity index (χ1n) is 9.13. The molecule has 0 saturated heterocycles. The fourth-order valence-corrected chi connectivity index (χ4v) is 2.93. The van der Waals surface area contributed by atoms with Crippen molar-refractivity contribution in [2.24, 2.45) is 0 Å². The molecule has 0 amide bonds. The average molecular weight is 382 g/mol. The Labute approximate surface area is 165 Å². The molecule has 1 N–H and O–H groups in total. The smallest absolute Gasteiger partial charge is 0.166 e. The Hall–Kier alpha value is -2.49. The Balaban J connectivity index is 1.70. The van der Waals surface area contributed by atoms with Gasteiger partial charge >= 0.3 is 0 Å². The van der Waals surface area contributed by atoms with E-state index in [-0.39, 0.29) is 0 Å². The normalized spacial score (nSPS) is 10.6. The third-order valence-corrected chi connectivity index (χ3v) is 4.40. The van der Waals surface area contributed by atoms with Gasteiger partial charge in [0.25, 0.3) is 0 Å². The molecular formula is C23H24ClNO2. The van der Waals surface area contributed by atoms with Crippen molar-refractivity contribution in [3.05, 3.63) is 94.5 Å². The molecular weight excluding hydrogens is 358 g/mol. The van der Waals surface area contributed by atoms with Crippen molar-refractivity contribution in [3.63, 3.8) is 0 Å². The maximum Gasteiger partial charge on any atom is 0.166 e. The second kappa shape index (κ2) is 10.0. The van der Waals surface area contributed by atoms with E-state index in [0.717, 1.165) is 34.2 Å². The number of para-hydroxylation sites is 1. The van der Waals surface area contributed by atoms with E-state index in [0.29, 0.717) is 19.8 Å². The lowest BCUT2D eigenvalue weighted by atomic mass is 10.1. The SMILES string of the molecule is CCOc1cccc(CNCc2ccccc2)c1OCc1ccc(Cl)cc1. The quantitative estimate of drug-likeness (QED) is 0.522. The summed E-state index contributed by atoms with van der Waals surface area (Å²) in [7, 11) is 0. The van der Waals surface area contributed by atoms with Crippen LogP contribution in [0.15, 0.2) is 72.8 Å². The maximum absolute atomic E-state index is 6.14. The van der Waals surface area contributed by atoms with Crippen LogP contribution in [0, 0.1) is 0 Å². The van der Waals surface area contributed by atoms with E-state index < -0.39 is 0 Å². The molecule has 140 valence electrons. The number of hydrogen-bond acceptors (Lipinski definition) is 3. The first-order valence-corrected chi connectivity index (χ1v) is 9.50. The highest BCUT2D eigenvalue weighted by Gasteiger charge is 2.11. The predicted octanol–water partition coefficient (Wildman–Crippen LogP) is 5.61. The van der Waals surface area contributed by atoms with Crippen molar-refractivity contribution in [2.45, 2.75) is 26.6 Å². The Morgan fingerprint density at radius 3 is 2.30 bits per heavy atom. The van der Waals surface area contributed by atoms with E-state index in [2.05, 4.69) is 23.5 Å². The first kappa shape index (κ1) is 19.3. The largest absolute Gasteiger partial charge is 0.490 e. The van der Waals surface area contributed by atoms with Gasteiger partial charge in [-0.25, -0.2) is 0 Å². The van der Waals surface area contributed by atoms with Crippen LogP contribution in [0.1, 0.15) is 23.6 Å². The van der Waals surface area contributed by atoms with Crippen molar-refractivity contribution in [2.75, 3.05) is 6.61 Å². The number of ether oxygens (including phenoxy) is 2. The highest BCUT2D eigenvalue weighted by molar-refractivity contribution is 6.30. The van der Waals surface area contributed by atoms with E-state index in [1.54, 1.807) is 0 Å². The van der Waals surface area contributed by atoms with Crippen LogP contribution in [0.5, 0.6) is 11.5 Å². The molecule has 0 heterocycles. The topological polar surface area (TPSA) is 30.5 Å². The molecule has 0 spiro atoms. The van der Waals surface area contributed by atoms with Gasteiger partial charge < -0.3 is 14.8 Å². The molecule has 0 saturated carbocycles. The Bertz CT molecular complexity index is 835. The number of hydrogen-bond donors (Lipinski definition) is 1. The van der Waals surface area contributed by atoms with Gasteiger partial charge in [0, 0.05) is 23.7 Å². The average Bonchev–Trinajstić information content (AvgIpc) is 2.70. The summed E-state index contributed by atoms with van der Waals surface area (Å²) in [6.07, 6.45) is 0. The van der Waals surface area contributed by atoms with E-state index in [4.69, 9.17) is 21.1 Å². The van der Waals surface area contributed by atoms with Crippen LogP contribution in [-0.4, -0.2) is 6.61 Å². The van der Waals surface area contributed by atoms with Gasteiger partial charge in [-0.05, 0) is 36.2 Å². The first-order chi connectivity index (χ1) is 13.3. The van der Waals surface area contributed by atoms with Gasteiger partial charge in [-0.15, -0.1) is 0 Å². The molecule has 0 fully saturated rings. The molecule has 4 heteroatoms. The summed E-state index contributed by atoms with van der Waals surface area (Å²) >= 11 is 5.96. The van der Waals surface area contributed by atoms with Crippen LogP contribution in [0.3, 0.4) is 0 Å². The summed E-state index contributed by atoms with van der Waals surface area (Å²) in [5.41, 5.74) is 3.39. The molecule has 3 nitrogen and oxygen atoms in total. The molecule has 3 aromatic rings. The molecule has 0 radical (unpaired) electrons. The second-order valence-corrected chi connectivity index (χ2v) is 6.62. The highest BCUT2D eigenvalue weighted by Crippen LogP contribution is 2.32. The van der Waals surface area contributed by atoms with Crippen LogP contribution in [0.25, 0.3) is 0 Å². The van der Waals surface area contributed by atoms with E-state index >= 15 is 0 Å².